The molecule has 0 saturated carbocycles. The summed E-state index contributed by atoms with van der Waals surface area (Å²) in [6, 6.07) is 14.2. The van der Waals surface area contributed by atoms with Gasteiger partial charge in [0.1, 0.15) is 23.6 Å². The highest BCUT2D eigenvalue weighted by molar-refractivity contribution is 5.84. The van der Waals surface area contributed by atoms with Gasteiger partial charge in [-0.05, 0) is 43.0 Å². The number of furan rings is 1. The Morgan fingerprint density at radius 1 is 1.07 bits per heavy atom. The van der Waals surface area contributed by atoms with Crippen LogP contribution in [0.4, 0.5) is 0 Å². The highest BCUT2D eigenvalue weighted by Gasteiger charge is 2.18. The number of aryl methyl sites for hydroxylation is 2. The third kappa shape index (κ3) is 4.80. The second-order valence-corrected chi connectivity index (χ2v) is 8.13. The zero-order valence-electron chi connectivity index (χ0n) is 17.2. The minimum Gasteiger partial charge on any atom is -0.484 e. The Bertz CT molecular complexity index is 989. The van der Waals surface area contributed by atoms with Crippen molar-refractivity contribution in [1.29, 1.82) is 0 Å². The van der Waals surface area contributed by atoms with E-state index in [-0.39, 0.29) is 12.5 Å². The van der Waals surface area contributed by atoms with E-state index in [0.717, 1.165) is 41.7 Å². The maximum Gasteiger partial charge on any atom is 0.258 e. The highest BCUT2D eigenvalue weighted by Crippen LogP contribution is 2.33. The molecule has 29 heavy (non-hydrogen) atoms. The fourth-order valence-electron chi connectivity index (χ4n) is 3.92. The first kappa shape index (κ1) is 19.5. The first-order valence-electron chi connectivity index (χ1n) is 10.4. The van der Waals surface area contributed by atoms with Crippen LogP contribution in [-0.4, -0.2) is 26.6 Å². The van der Waals surface area contributed by atoms with Crippen LogP contribution in [0.2, 0.25) is 0 Å². The van der Waals surface area contributed by atoms with Gasteiger partial charge in [0.2, 0.25) is 0 Å². The summed E-state index contributed by atoms with van der Waals surface area (Å²) in [5.74, 6) is 1.69. The van der Waals surface area contributed by atoms with Gasteiger partial charge in [-0.2, -0.15) is 0 Å². The second kappa shape index (κ2) is 8.70. The van der Waals surface area contributed by atoms with Gasteiger partial charge in [-0.1, -0.05) is 24.3 Å². The summed E-state index contributed by atoms with van der Waals surface area (Å²) in [6.45, 7) is 1.50. The smallest absolute Gasteiger partial charge is 0.258 e. The molecule has 2 aromatic carbocycles. The maximum absolute atomic E-state index is 12.2. The second-order valence-electron chi connectivity index (χ2n) is 8.13. The Morgan fingerprint density at radius 3 is 2.62 bits per heavy atom. The molecule has 152 valence electrons. The summed E-state index contributed by atoms with van der Waals surface area (Å²) < 4.78 is 11.7. The number of benzene rings is 2. The minimum atomic E-state index is -0.124. The van der Waals surface area contributed by atoms with Gasteiger partial charge in [0.05, 0.1) is 14.1 Å². The van der Waals surface area contributed by atoms with Gasteiger partial charge in [0.25, 0.3) is 5.91 Å². The Kier molecular flexibility index (Phi) is 5.86. The van der Waals surface area contributed by atoms with Crippen LogP contribution in [0.15, 0.2) is 46.9 Å². The molecule has 3 aromatic rings. The van der Waals surface area contributed by atoms with Crippen molar-refractivity contribution in [2.24, 2.45) is 0 Å². The molecule has 4 rings (SSSR count). The van der Waals surface area contributed by atoms with E-state index < -0.39 is 0 Å². The summed E-state index contributed by atoms with van der Waals surface area (Å²) in [6.07, 6.45) is 4.46. The summed E-state index contributed by atoms with van der Waals surface area (Å²) in [7, 11) is 4.26. The van der Waals surface area contributed by atoms with Gasteiger partial charge in [-0.25, -0.2) is 0 Å². The molecule has 1 aliphatic rings. The Morgan fingerprint density at radius 2 is 1.83 bits per heavy atom. The number of fused-ring (bicyclic) bond motifs is 3. The van der Waals surface area contributed by atoms with Crippen molar-refractivity contribution in [3.05, 3.63) is 64.9 Å². The quantitative estimate of drug-likeness (QED) is 0.649. The summed E-state index contributed by atoms with van der Waals surface area (Å²) >= 11 is 0. The van der Waals surface area contributed by atoms with Crippen LogP contribution in [-0.2, 0) is 30.7 Å². The average molecular weight is 394 g/mol. The van der Waals surface area contributed by atoms with E-state index in [1.807, 2.05) is 18.2 Å². The topological polar surface area (TPSA) is 55.9 Å². The number of quaternary nitrogens is 1. The lowest BCUT2D eigenvalue weighted by atomic mass is 9.96. The lowest BCUT2D eigenvalue weighted by Crippen LogP contribution is -3.04. The van der Waals surface area contributed by atoms with E-state index >= 15 is 0 Å². The molecule has 0 aliphatic heterocycles. The van der Waals surface area contributed by atoms with Crippen LogP contribution < -0.4 is 15.0 Å². The van der Waals surface area contributed by atoms with E-state index in [9.17, 15) is 4.79 Å². The van der Waals surface area contributed by atoms with Gasteiger partial charge in [-0.3, -0.25) is 4.79 Å². The van der Waals surface area contributed by atoms with Gasteiger partial charge in [-0.15, -0.1) is 0 Å². The largest absolute Gasteiger partial charge is 0.484 e. The molecule has 0 unspecified atom stereocenters. The Labute approximate surface area is 171 Å². The number of rotatable bonds is 7. The van der Waals surface area contributed by atoms with Crippen molar-refractivity contribution in [2.75, 3.05) is 20.7 Å². The van der Waals surface area contributed by atoms with Crippen LogP contribution >= 0.6 is 0 Å². The number of amides is 1. The standard InChI is InChI=1S/C24H28N2O3/c1-26(2)15-18-9-7-17(8-10-18)14-25-24(27)16-28-19-11-12-23-21(13-19)20-5-3-4-6-22(20)29-23/h7-13H,3-6,14-16H2,1-2H3,(H,25,27)/p+1. The molecule has 1 amide bonds. The van der Waals surface area contributed by atoms with E-state index in [2.05, 4.69) is 43.7 Å². The third-order valence-corrected chi connectivity index (χ3v) is 5.37. The highest BCUT2D eigenvalue weighted by atomic mass is 16.5. The molecule has 2 N–H and O–H groups in total. The molecule has 0 saturated heterocycles. The summed E-state index contributed by atoms with van der Waals surface area (Å²) in [4.78, 5) is 13.6. The monoisotopic (exact) mass is 393 g/mol. The molecule has 0 bridgehead atoms. The van der Waals surface area contributed by atoms with Crippen molar-refractivity contribution in [1.82, 2.24) is 5.32 Å². The van der Waals surface area contributed by atoms with Crippen LogP contribution in [0.3, 0.4) is 0 Å². The fraction of sp³-hybridized carbons (Fsp3) is 0.375. The van der Waals surface area contributed by atoms with Crippen molar-refractivity contribution >= 4 is 16.9 Å². The molecule has 1 aromatic heterocycles. The molecule has 0 radical (unpaired) electrons. The number of hydrogen-bond donors (Lipinski definition) is 2. The molecule has 0 fully saturated rings. The molecular weight excluding hydrogens is 364 g/mol. The van der Waals surface area contributed by atoms with E-state index in [1.54, 1.807) is 0 Å². The molecule has 1 heterocycles. The van der Waals surface area contributed by atoms with E-state index in [0.29, 0.717) is 12.3 Å². The van der Waals surface area contributed by atoms with Crippen LogP contribution in [0.25, 0.3) is 11.0 Å². The van der Waals surface area contributed by atoms with E-state index in [4.69, 9.17) is 9.15 Å². The lowest BCUT2D eigenvalue weighted by Gasteiger charge is -2.10. The van der Waals surface area contributed by atoms with E-state index in [1.165, 1.54) is 28.9 Å². The van der Waals surface area contributed by atoms with Crippen LogP contribution in [0.1, 0.15) is 35.3 Å². The van der Waals surface area contributed by atoms with Crippen molar-refractivity contribution in [3.8, 4) is 5.75 Å². The first-order chi connectivity index (χ1) is 14.1. The number of ether oxygens (including phenoxy) is 1. The average Bonchev–Trinajstić information content (AvgIpc) is 3.09. The minimum absolute atomic E-state index is 0.00756. The third-order valence-electron chi connectivity index (χ3n) is 5.37. The van der Waals surface area contributed by atoms with Crippen LogP contribution in [0, 0.1) is 0 Å². The Hall–Kier alpha value is -2.79. The predicted molar refractivity (Wildman–Crippen MR) is 113 cm³/mol. The zero-order valence-corrected chi connectivity index (χ0v) is 17.2. The van der Waals surface area contributed by atoms with Gasteiger partial charge >= 0.3 is 0 Å². The number of nitrogens with one attached hydrogen (secondary N) is 2. The first-order valence-corrected chi connectivity index (χ1v) is 10.4. The van der Waals surface area contributed by atoms with Crippen molar-refractivity contribution < 1.29 is 18.8 Å². The Balaban J connectivity index is 1.30. The number of carbonyl (C=O) groups excluding carboxylic acids is 1. The van der Waals surface area contributed by atoms with Gasteiger partial charge in [0, 0.05) is 29.5 Å². The van der Waals surface area contributed by atoms with Gasteiger partial charge in [0.15, 0.2) is 6.61 Å². The fourth-order valence-corrected chi connectivity index (χ4v) is 3.92. The maximum atomic E-state index is 12.2. The molecule has 5 heteroatoms. The predicted octanol–water partition coefficient (Wildman–Crippen LogP) is 2.65. The number of carbonyl (C=O) groups is 1. The SMILES string of the molecule is C[NH+](C)Cc1ccc(CNC(=O)COc2ccc3oc4c(c3c2)CCCC4)cc1. The van der Waals surface area contributed by atoms with Crippen molar-refractivity contribution in [3.63, 3.8) is 0 Å². The molecule has 0 atom stereocenters. The molecular formula is C24H29N2O3+. The van der Waals surface area contributed by atoms with Gasteiger partial charge < -0.3 is 19.4 Å². The summed E-state index contributed by atoms with van der Waals surface area (Å²) in [5.41, 5.74) is 4.59. The zero-order chi connectivity index (χ0) is 20.2. The normalized spacial score (nSPS) is 13.5. The number of hydrogen-bond acceptors (Lipinski definition) is 3. The summed E-state index contributed by atoms with van der Waals surface area (Å²) in [5, 5.41) is 4.05. The molecule has 1 aliphatic carbocycles. The van der Waals surface area contributed by atoms with Crippen LogP contribution in [0.5, 0.6) is 5.75 Å². The molecule has 5 nitrogen and oxygen atoms in total. The molecule has 0 spiro atoms. The van der Waals surface area contributed by atoms with Crippen molar-refractivity contribution in [2.45, 2.75) is 38.8 Å². The lowest BCUT2D eigenvalue weighted by molar-refractivity contribution is -0.872.